The zero-order valence-corrected chi connectivity index (χ0v) is 9.46. The van der Waals surface area contributed by atoms with Gasteiger partial charge in [0.2, 0.25) is 0 Å². The Bertz CT molecular complexity index is 445. The number of anilines is 1. The Kier molecular flexibility index (Phi) is 3.73. The number of hydrogen-bond donors (Lipinski definition) is 2. The van der Waals surface area contributed by atoms with Gasteiger partial charge in [-0.2, -0.15) is 0 Å². The molecule has 0 bridgehead atoms. The molecule has 86 valence electrons. The topological polar surface area (TPSA) is 75.6 Å². The molecule has 16 heavy (non-hydrogen) atoms. The average molecular weight is 244 g/mol. The first kappa shape index (κ1) is 12.3. The minimum atomic E-state index is -1.56. The van der Waals surface area contributed by atoms with Gasteiger partial charge in [-0.05, 0) is 18.6 Å². The number of ether oxygens (including phenoxy) is 1. The lowest BCUT2D eigenvalue weighted by Crippen LogP contribution is -2.22. The van der Waals surface area contributed by atoms with Crippen LogP contribution in [0.1, 0.15) is 5.56 Å². The molecular weight excluding hydrogens is 234 g/mol. The molecule has 0 spiro atoms. The summed E-state index contributed by atoms with van der Waals surface area (Å²) in [5.74, 6) is -2.38. The molecule has 1 rings (SSSR count). The van der Waals surface area contributed by atoms with Crippen LogP contribution in [0, 0.1) is 6.92 Å². The Hall–Kier alpha value is -1.75. The van der Waals surface area contributed by atoms with Gasteiger partial charge in [0, 0.05) is 11.1 Å². The third-order valence-corrected chi connectivity index (χ3v) is 2.33. The number of halogens is 1. The lowest BCUT2D eigenvalue weighted by molar-refractivity contribution is -0.147. The van der Waals surface area contributed by atoms with Crippen LogP contribution < -0.4 is 10.1 Å². The molecule has 1 aromatic carbocycles. The van der Waals surface area contributed by atoms with Crippen molar-refractivity contribution in [2.24, 2.45) is 0 Å². The first-order chi connectivity index (χ1) is 7.45. The van der Waals surface area contributed by atoms with Crippen molar-refractivity contribution < 1.29 is 19.4 Å². The number of carbonyl (C=O) groups excluding carboxylic acids is 1. The molecule has 5 nitrogen and oxygen atoms in total. The van der Waals surface area contributed by atoms with E-state index in [1.165, 1.54) is 13.2 Å². The van der Waals surface area contributed by atoms with Crippen molar-refractivity contribution in [3.05, 3.63) is 22.7 Å². The number of amides is 1. The van der Waals surface area contributed by atoms with E-state index in [2.05, 4.69) is 5.32 Å². The normalized spacial score (nSPS) is 9.69. The summed E-state index contributed by atoms with van der Waals surface area (Å²) in [6.45, 7) is 1.73. The number of aliphatic carboxylic acids is 1. The maximum Gasteiger partial charge on any atom is 0.394 e. The zero-order chi connectivity index (χ0) is 12.3. The van der Waals surface area contributed by atoms with Crippen molar-refractivity contribution in [2.45, 2.75) is 6.92 Å². The quantitative estimate of drug-likeness (QED) is 0.775. The summed E-state index contributed by atoms with van der Waals surface area (Å²) in [5.41, 5.74) is 0.986. The molecule has 0 saturated carbocycles. The Morgan fingerprint density at radius 2 is 2.06 bits per heavy atom. The van der Waals surface area contributed by atoms with E-state index in [1.807, 2.05) is 0 Å². The molecule has 0 aliphatic rings. The standard InChI is InChI=1S/C10H10ClNO4/c1-5-3-7(12-9(13)10(14)15)8(16-2)4-6(5)11/h3-4H,1-2H3,(H,12,13)(H,14,15). The van der Waals surface area contributed by atoms with Gasteiger partial charge in [-0.25, -0.2) is 4.79 Å². The van der Waals surface area contributed by atoms with E-state index >= 15 is 0 Å². The SMILES string of the molecule is COc1cc(Cl)c(C)cc1NC(=O)C(=O)O. The molecule has 1 amide bonds. The van der Waals surface area contributed by atoms with Crippen molar-refractivity contribution in [1.29, 1.82) is 0 Å². The van der Waals surface area contributed by atoms with Gasteiger partial charge < -0.3 is 15.2 Å². The van der Waals surface area contributed by atoms with Crippen molar-refractivity contribution in [3.63, 3.8) is 0 Å². The fourth-order valence-corrected chi connectivity index (χ4v) is 1.26. The summed E-state index contributed by atoms with van der Waals surface area (Å²) in [7, 11) is 1.40. The second-order valence-corrected chi connectivity index (χ2v) is 3.47. The number of benzene rings is 1. The molecule has 0 heterocycles. The maximum atomic E-state index is 11.0. The third kappa shape index (κ3) is 2.64. The Labute approximate surface area is 97.0 Å². The summed E-state index contributed by atoms with van der Waals surface area (Å²) < 4.78 is 4.97. The van der Waals surface area contributed by atoms with Crippen LogP contribution in [-0.4, -0.2) is 24.1 Å². The van der Waals surface area contributed by atoms with Crippen molar-refractivity contribution >= 4 is 29.2 Å². The van der Waals surface area contributed by atoms with Gasteiger partial charge >= 0.3 is 11.9 Å². The van der Waals surface area contributed by atoms with Crippen LogP contribution in [0.4, 0.5) is 5.69 Å². The number of hydrogen-bond acceptors (Lipinski definition) is 3. The van der Waals surface area contributed by atoms with Crippen LogP contribution in [0.5, 0.6) is 5.75 Å². The molecule has 0 aromatic heterocycles. The van der Waals surface area contributed by atoms with E-state index in [-0.39, 0.29) is 5.69 Å². The summed E-state index contributed by atoms with van der Waals surface area (Å²) in [6.07, 6.45) is 0. The van der Waals surface area contributed by atoms with Gasteiger partial charge in [0.15, 0.2) is 0 Å². The van der Waals surface area contributed by atoms with E-state index in [0.717, 1.165) is 0 Å². The van der Waals surface area contributed by atoms with Crippen LogP contribution in [0.25, 0.3) is 0 Å². The van der Waals surface area contributed by atoms with Gasteiger partial charge in [-0.3, -0.25) is 4.79 Å². The van der Waals surface area contributed by atoms with Gasteiger partial charge in [-0.15, -0.1) is 0 Å². The van der Waals surface area contributed by atoms with E-state index in [9.17, 15) is 9.59 Å². The molecule has 0 aliphatic carbocycles. The lowest BCUT2D eigenvalue weighted by atomic mass is 10.2. The molecule has 0 fully saturated rings. The highest BCUT2D eigenvalue weighted by atomic mass is 35.5. The highest BCUT2D eigenvalue weighted by molar-refractivity contribution is 6.37. The van der Waals surface area contributed by atoms with Crippen LogP contribution in [-0.2, 0) is 9.59 Å². The highest BCUT2D eigenvalue weighted by Crippen LogP contribution is 2.30. The average Bonchev–Trinajstić information content (AvgIpc) is 2.22. The molecule has 0 radical (unpaired) electrons. The Morgan fingerprint density at radius 3 is 2.56 bits per heavy atom. The fourth-order valence-electron chi connectivity index (χ4n) is 1.11. The number of carbonyl (C=O) groups is 2. The molecule has 0 atom stereocenters. The first-order valence-electron chi connectivity index (χ1n) is 4.34. The largest absolute Gasteiger partial charge is 0.495 e. The Morgan fingerprint density at radius 1 is 1.44 bits per heavy atom. The minimum Gasteiger partial charge on any atom is -0.495 e. The third-order valence-electron chi connectivity index (χ3n) is 1.92. The van der Waals surface area contributed by atoms with Gasteiger partial charge in [0.1, 0.15) is 5.75 Å². The highest BCUT2D eigenvalue weighted by Gasteiger charge is 2.15. The summed E-state index contributed by atoms with van der Waals surface area (Å²) in [6, 6.07) is 3.05. The maximum absolute atomic E-state index is 11.0. The number of carboxylic acid groups (broad SMARTS) is 1. The number of carboxylic acids is 1. The lowest BCUT2D eigenvalue weighted by Gasteiger charge is -2.10. The number of methoxy groups -OCH3 is 1. The van der Waals surface area contributed by atoms with E-state index in [1.54, 1.807) is 13.0 Å². The van der Waals surface area contributed by atoms with Crippen LogP contribution in [0.2, 0.25) is 5.02 Å². The Balaban J connectivity index is 3.08. The van der Waals surface area contributed by atoms with E-state index in [4.69, 9.17) is 21.4 Å². The van der Waals surface area contributed by atoms with Gasteiger partial charge in [0.25, 0.3) is 0 Å². The summed E-state index contributed by atoms with van der Waals surface area (Å²) in [5, 5.41) is 11.1. The van der Waals surface area contributed by atoms with Crippen molar-refractivity contribution in [3.8, 4) is 5.75 Å². The predicted octanol–water partition coefficient (Wildman–Crippen LogP) is 1.68. The van der Waals surface area contributed by atoms with Crippen molar-refractivity contribution in [1.82, 2.24) is 0 Å². The molecular formula is C10H10ClNO4. The molecule has 0 aliphatic heterocycles. The number of aryl methyl sites for hydroxylation is 1. The number of rotatable bonds is 2. The van der Waals surface area contributed by atoms with E-state index in [0.29, 0.717) is 16.3 Å². The van der Waals surface area contributed by atoms with Gasteiger partial charge in [-0.1, -0.05) is 11.6 Å². The minimum absolute atomic E-state index is 0.275. The van der Waals surface area contributed by atoms with Crippen LogP contribution in [0.15, 0.2) is 12.1 Å². The van der Waals surface area contributed by atoms with Gasteiger partial charge in [0.05, 0.1) is 12.8 Å². The molecule has 0 saturated heterocycles. The van der Waals surface area contributed by atoms with Crippen LogP contribution >= 0.6 is 11.6 Å². The second kappa shape index (κ2) is 4.85. The number of nitrogens with one attached hydrogen (secondary N) is 1. The molecule has 6 heteroatoms. The van der Waals surface area contributed by atoms with E-state index < -0.39 is 11.9 Å². The smallest absolute Gasteiger partial charge is 0.394 e. The summed E-state index contributed by atoms with van der Waals surface area (Å²) >= 11 is 5.85. The predicted molar refractivity (Wildman–Crippen MR) is 59.0 cm³/mol. The molecule has 2 N–H and O–H groups in total. The van der Waals surface area contributed by atoms with Crippen molar-refractivity contribution in [2.75, 3.05) is 12.4 Å². The summed E-state index contributed by atoms with van der Waals surface area (Å²) in [4.78, 5) is 21.4. The van der Waals surface area contributed by atoms with Crippen LogP contribution in [0.3, 0.4) is 0 Å². The monoisotopic (exact) mass is 243 g/mol. The molecule has 0 unspecified atom stereocenters. The molecule has 1 aromatic rings. The fraction of sp³-hybridized carbons (Fsp3) is 0.200. The second-order valence-electron chi connectivity index (χ2n) is 3.06. The first-order valence-corrected chi connectivity index (χ1v) is 4.72. The zero-order valence-electron chi connectivity index (χ0n) is 8.70.